The molecule has 170 valence electrons. The Kier molecular flexibility index (Phi) is 9.33. The maximum atomic E-state index is 12.5. The molecule has 0 saturated heterocycles. The van der Waals surface area contributed by atoms with E-state index in [0.717, 1.165) is 5.56 Å². The van der Waals surface area contributed by atoms with Gasteiger partial charge in [-0.3, -0.25) is 4.79 Å². The predicted octanol–water partition coefficient (Wildman–Crippen LogP) is 4.09. The van der Waals surface area contributed by atoms with E-state index in [2.05, 4.69) is 5.32 Å². The highest BCUT2D eigenvalue weighted by molar-refractivity contribution is 7.89. The van der Waals surface area contributed by atoms with E-state index in [9.17, 15) is 13.2 Å². The van der Waals surface area contributed by atoms with Crippen LogP contribution >= 0.6 is 0 Å². The highest BCUT2D eigenvalue weighted by Gasteiger charge is 2.21. The molecule has 1 amide bonds. The van der Waals surface area contributed by atoms with Crippen LogP contribution in [0.15, 0.2) is 47.4 Å². The van der Waals surface area contributed by atoms with Crippen LogP contribution < -0.4 is 14.8 Å². The monoisotopic (exact) mass is 448 g/mol. The van der Waals surface area contributed by atoms with E-state index in [1.807, 2.05) is 32.0 Å². The molecule has 0 aromatic heterocycles. The summed E-state index contributed by atoms with van der Waals surface area (Å²) in [5.74, 6) is 1.22. The first kappa shape index (κ1) is 24.7. The number of benzene rings is 2. The topological polar surface area (TPSA) is 84.9 Å². The number of hydrogen-bond donors (Lipinski definition) is 1. The lowest BCUT2D eigenvalue weighted by molar-refractivity contribution is -0.116. The van der Waals surface area contributed by atoms with Crippen molar-refractivity contribution in [1.29, 1.82) is 0 Å². The highest BCUT2D eigenvalue weighted by atomic mass is 32.2. The first-order valence-electron chi connectivity index (χ1n) is 10.6. The number of nitrogens with one attached hydrogen (secondary N) is 1. The number of ether oxygens (including phenoxy) is 2. The van der Waals surface area contributed by atoms with Crippen molar-refractivity contribution in [3.8, 4) is 11.5 Å². The third kappa shape index (κ3) is 6.70. The highest BCUT2D eigenvalue weighted by Crippen LogP contribution is 2.29. The Balaban J connectivity index is 1.98. The smallest absolute Gasteiger partial charge is 0.243 e. The van der Waals surface area contributed by atoms with Crippen molar-refractivity contribution in [2.45, 2.75) is 45.4 Å². The van der Waals surface area contributed by atoms with E-state index in [0.29, 0.717) is 56.3 Å². The molecule has 2 aromatic rings. The molecule has 0 radical (unpaired) electrons. The summed E-state index contributed by atoms with van der Waals surface area (Å²) in [5, 5.41) is 2.82. The van der Waals surface area contributed by atoms with E-state index < -0.39 is 10.0 Å². The molecule has 2 aromatic carbocycles. The van der Waals surface area contributed by atoms with Gasteiger partial charge in [0.2, 0.25) is 15.9 Å². The van der Waals surface area contributed by atoms with Crippen LogP contribution in [0.4, 0.5) is 5.69 Å². The Morgan fingerprint density at radius 3 is 2.10 bits per heavy atom. The van der Waals surface area contributed by atoms with Crippen molar-refractivity contribution >= 4 is 21.6 Å². The van der Waals surface area contributed by atoms with Gasteiger partial charge in [-0.25, -0.2) is 8.42 Å². The minimum atomic E-state index is -3.51. The Hall–Kier alpha value is -2.58. The molecule has 0 fully saturated rings. The van der Waals surface area contributed by atoms with Crippen LogP contribution in [0.3, 0.4) is 0 Å². The molecule has 0 aliphatic heterocycles. The molecule has 0 unspecified atom stereocenters. The third-order valence-corrected chi connectivity index (χ3v) is 6.79. The lowest BCUT2D eigenvalue weighted by Gasteiger charge is -2.18. The second-order valence-corrected chi connectivity index (χ2v) is 8.75. The zero-order valence-corrected chi connectivity index (χ0v) is 19.5. The first-order chi connectivity index (χ1) is 14.8. The van der Waals surface area contributed by atoms with Gasteiger partial charge in [-0.2, -0.15) is 4.31 Å². The van der Waals surface area contributed by atoms with Gasteiger partial charge in [-0.05, 0) is 62.2 Å². The summed E-state index contributed by atoms with van der Waals surface area (Å²) in [4.78, 5) is 12.6. The Morgan fingerprint density at radius 2 is 1.52 bits per heavy atom. The standard InChI is InChI=1S/C23H32N2O5S/c1-5-25(6-2)31(27,28)20-13-11-19(12-14-20)24-23(26)16-10-18-9-15-21(29-7-3)22(17-18)30-8-4/h9,11-15,17H,5-8,10,16H2,1-4H3,(H,24,26). The van der Waals surface area contributed by atoms with Crippen molar-refractivity contribution in [2.24, 2.45) is 0 Å². The summed E-state index contributed by atoms with van der Waals surface area (Å²) in [6, 6.07) is 11.9. The molecule has 0 bridgehead atoms. The predicted molar refractivity (Wildman–Crippen MR) is 122 cm³/mol. The largest absolute Gasteiger partial charge is 0.490 e. The summed E-state index contributed by atoms with van der Waals surface area (Å²) >= 11 is 0. The fourth-order valence-corrected chi connectivity index (χ4v) is 4.61. The lowest BCUT2D eigenvalue weighted by atomic mass is 10.1. The van der Waals surface area contributed by atoms with Gasteiger partial charge in [0, 0.05) is 25.2 Å². The molecule has 0 atom stereocenters. The van der Waals surface area contributed by atoms with Crippen LogP contribution in [0, 0.1) is 0 Å². The normalized spacial score (nSPS) is 11.4. The third-order valence-electron chi connectivity index (χ3n) is 4.73. The van der Waals surface area contributed by atoms with Gasteiger partial charge in [0.25, 0.3) is 0 Å². The fraction of sp³-hybridized carbons (Fsp3) is 0.435. The maximum absolute atomic E-state index is 12.5. The van der Waals surface area contributed by atoms with Gasteiger partial charge in [0.05, 0.1) is 18.1 Å². The van der Waals surface area contributed by atoms with Crippen molar-refractivity contribution in [3.05, 3.63) is 48.0 Å². The summed E-state index contributed by atoms with van der Waals surface area (Å²) in [5.41, 5.74) is 1.54. The van der Waals surface area contributed by atoms with Gasteiger partial charge in [0.1, 0.15) is 0 Å². The summed E-state index contributed by atoms with van der Waals surface area (Å²) in [6.07, 6.45) is 0.839. The van der Waals surface area contributed by atoms with Crippen molar-refractivity contribution in [2.75, 3.05) is 31.6 Å². The van der Waals surface area contributed by atoms with Crippen molar-refractivity contribution < 1.29 is 22.7 Å². The summed E-state index contributed by atoms with van der Waals surface area (Å²) in [7, 11) is -3.51. The SMILES string of the molecule is CCOc1ccc(CCC(=O)Nc2ccc(S(=O)(=O)N(CC)CC)cc2)cc1OCC. The quantitative estimate of drug-likeness (QED) is 0.529. The molecule has 8 heteroatoms. The zero-order chi connectivity index (χ0) is 22.9. The van der Waals surface area contributed by atoms with Crippen LogP contribution in [-0.2, 0) is 21.2 Å². The first-order valence-corrected chi connectivity index (χ1v) is 12.1. The van der Waals surface area contributed by atoms with Gasteiger partial charge in [-0.1, -0.05) is 19.9 Å². The number of carbonyl (C=O) groups excluding carboxylic acids is 1. The summed E-state index contributed by atoms with van der Waals surface area (Å²) < 4.78 is 37.7. The summed E-state index contributed by atoms with van der Waals surface area (Å²) in [6.45, 7) is 9.34. The molecule has 0 spiro atoms. The van der Waals surface area contributed by atoms with Gasteiger partial charge in [0.15, 0.2) is 11.5 Å². The number of anilines is 1. The average molecular weight is 449 g/mol. The average Bonchev–Trinajstić information content (AvgIpc) is 2.75. The number of carbonyl (C=O) groups is 1. The maximum Gasteiger partial charge on any atom is 0.243 e. The van der Waals surface area contributed by atoms with E-state index in [1.165, 1.54) is 16.4 Å². The molecule has 2 rings (SSSR count). The Labute approximate surface area is 185 Å². The molecular formula is C23H32N2O5S. The van der Waals surface area contributed by atoms with Gasteiger partial charge in [-0.15, -0.1) is 0 Å². The van der Waals surface area contributed by atoms with Crippen molar-refractivity contribution in [3.63, 3.8) is 0 Å². The van der Waals surface area contributed by atoms with Crippen LogP contribution in [-0.4, -0.2) is 44.9 Å². The van der Waals surface area contributed by atoms with E-state index >= 15 is 0 Å². The Bertz CT molecular complexity index is 954. The Morgan fingerprint density at radius 1 is 0.903 bits per heavy atom. The van der Waals surface area contributed by atoms with Gasteiger partial charge < -0.3 is 14.8 Å². The van der Waals surface area contributed by atoms with Crippen LogP contribution in [0.25, 0.3) is 0 Å². The fourth-order valence-electron chi connectivity index (χ4n) is 3.16. The van der Waals surface area contributed by atoms with Crippen LogP contribution in [0.1, 0.15) is 39.7 Å². The van der Waals surface area contributed by atoms with Gasteiger partial charge >= 0.3 is 0 Å². The second kappa shape index (κ2) is 11.7. The number of nitrogens with zero attached hydrogens (tertiary/aromatic N) is 1. The minimum absolute atomic E-state index is 0.147. The van der Waals surface area contributed by atoms with Crippen molar-refractivity contribution in [1.82, 2.24) is 4.31 Å². The zero-order valence-electron chi connectivity index (χ0n) is 18.7. The molecule has 0 aliphatic rings. The second-order valence-electron chi connectivity index (χ2n) is 6.81. The van der Waals surface area contributed by atoms with Crippen LogP contribution in [0.2, 0.25) is 0 Å². The lowest BCUT2D eigenvalue weighted by Crippen LogP contribution is -2.30. The molecule has 0 heterocycles. The number of hydrogen-bond acceptors (Lipinski definition) is 5. The number of sulfonamides is 1. The molecule has 7 nitrogen and oxygen atoms in total. The number of amides is 1. The van der Waals surface area contributed by atoms with E-state index in [-0.39, 0.29) is 10.8 Å². The molecule has 0 aliphatic carbocycles. The number of rotatable bonds is 12. The molecule has 31 heavy (non-hydrogen) atoms. The van der Waals surface area contributed by atoms with E-state index in [1.54, 1.807) is 26.0 Å². The number of aryl methyl sites for hydroxylation is 1. The minimum Gasteiger partial charge on any atom is -0.490 e. The molecule has 1 N–H and O–H groups in total. The molecule has 0 saturated carbocycles. The van der Waals surface area contributed by atoms with Crippen LogP contribution in [0.5, 0.6) is 11.5 Å². The van der Waals surface area contributed by atoms with E-state index in [4.69, 9.17) is 9.47 Å². The molecular weight excluding hydrogens is 416 g/mol.